The third-order valence-electron chi connectivity index (χ3n) is 7.98. The third-order valence-corrected chi connectivity index (χ3v) is 7.98. The summed E-state index contributed by atoms with van der Waals surface area (Å²) in [4.78, 5) is 41.8. The maximum absolute atomic E-state index is 13.9. The highest BCUT2D eigenvalue weighted by atomic mass is 16.5. The van der Waals surface area contributed by atoms with Gasteiger partial charge in [-0.05, 0) is 18.9 Å². The average molecular weight is 470 g/mol. The summed E-state index contributed by atoms with van der Waals surface area (Å²) in [5.74, 6) is 0.0860. The molecule has 3 aliphatic heterocycles. The van der Waals surface area contributed by atoms with Crippen molar-refractivity contribution in [2.75, 3.05) is 13.2 Å². The fourth-order valence-corrected chi connectivity index (χ4v) is 6.23. The first kappa shape index (κ1) is 23.1. The first-order valence-electron chi connectivity index (χ1n) is 12.7. The smallest absolute Gasteiger partial charge is 0.247 e. The van der Waals surface area contributed by atoms with E-state index >= 15 is 0 Å². The summed E-state index contributed by atoms with van der Waals surface area (Å²) in [6.07, 6.45) is 5.25. The lowest BCUT2D eigenvalue weighted by atomic mass is 9.77. The molecule has 0 radical (unpaired) electrons. The van der Waals surface area contributed by atoms with E-state index in [4.69, 9.17) is 9.47 Å². The molecule has 3 fully saturated rings. The number of benzene rings is 1. The molecular weight excluding hydrogens is 434 g/mol. The normalized spacial score (nSPS) is 29.9. The van der Waals surface area contributed by atoms with Gasteiger partial charge in [-0.3, -0.25) is 14.4 Å². The van der Waals surface area contributed by atoms with Crippen LogP contribution in [0.25, 0.3) is 0 Å². The summed E-state index contributed by atoms with van der Waals surface area (Å²) in [7, 11) is 0. The molecule has 1 aromatic rings. The molecule has 2 N–H and O–H groups in total. The van der Waals surface area contributed by atoms with E-state index in [1.807, 2.05) is 24.3 Å². The van der Waals surface area contributed by atoms with Crippen LogP contribution in [-0.4, -0.2) is 54.1 Å². The fourth-order valence-electron chi connectivity index (χ4n) is 6.23. The van der Waals surface area contributed by atoms with Crippen LogP contribution in [-0.2, 0) is 19.1 Å². The summed E-state index contributed by atoms with van der Waals surface area (Å²) in [6, 6.07) is 6.36. The van der Waals surface area contributed by atoms with Crippen molar-refractivity contribution < 1.29 is 23.9 Å². The van der Waals surface area contributed by atoms with Crippen LogP contribution in [0.1, 0.15) is 70.4 Å². The zero-order valence-corrected chi connectivity index (χ0v) is 20.0. The Morgan fingerprint density at radius 1 is 1.06 bits per heavy atom. The second kappa shape index (κ2) is 9.21. The van der Waals surface area contributed by atoms with Crippen LogP contribution in [0.5, 0.6) is 5.75 Å². The molecule has 2 saturated heterocycles. The van der Waals surface area contributed by atoms with E-state index in [0.29, 0.717) is 32.5 Å². The van der Waals surface area contributed by atoms with Crippen molar-refractivity contribution in [2.45, 2.75) is 83.1 Å². The number of nitrogens with one attached hydrogen (secondary N) is 2. The van der Waals surface area contributed by atoms with E-state index in [1.165, 1.54) is 0 Å². The lowest BCUT2D eigenvalue weighted by Gasteiger charge is -2.37. The monoisotopic (exact) mass is 469 g/mol. The van der Waals surface area contributed by atoms with Gasteiger partial charge in [0, 0.05) is 36.2 Å². The molecule has 1 aliphatic carbocycles. The van der Waals surface area contributed by atoms with Crippen LogP contribution >= 0.6 is 0 Å². The SMILES string of the molecule is CC(C)C(=O)N[C@H]1CCO[C@H]2CC3(CCCC3)[C@@H](C(=O)N[C@@H]3CCOc4ccccc43)N2C1=O. The zero-order valence-electron chi connectivity index (χ0n) is 20.0. The molecule has 0 unspecified atom stereocenters. The molecular formula is C26H35N3O5. The number of amides is 3. The van der Waals surface area contributed by atoms with Crippen molar-refractivity contribution in [1.82, 2.24) is 15.5 Å². The Morgan fingerprint density at radius 3 is 2.56 bits per heavy atom. The number of ether oxygens (including phenoxy) is 2. The summed E-state index contributed by atoms with van der Waals surface area (Å²) in [6.45, 7) is 4.53. The van der Waals surface area contributed by atoms with E-state index in [1.54, 1.807) is 18.7 Å². The maximum atomic E-state index is 13.9. The number of para-hydroxylation sites is 1. The lowest BCUT2D eigenvalue weighted by molar-refractivity contribution is -0.150. The predicted molar refractivity (Wildman–Crippen MR) is 125 cm³/mol. The van der Waals surface area contributed by atoms with Gasteiger partial charge in [-0.1, -0.05) is 44.9 Å². The van der Waals surface area contributed by atoms with E-state index in [2.05, 4.69) is 10.6 Å². The highest BCUT2D eigenvalue weighted by molar-refractivity contribution is 5.94. The third kappa shape index (κ3) is 4.06. The van der Waals surface area contributed by atoms with Crippen LogP contribution in [0, 0.1) is 11.3 Å². The molecule has 1 saturated carbocycles. The van der Waals surface area contributed by atoms with Gasteiger partial charge < -0.3 is 25.0 Å². The largest absolute Gasteiger partial charge is 0.493 e. The fraction of sp³-hybridized carbons (Fsp3) is 0.654. The Balaban J connectivity index is 1.43. The summed E-state index contributed by atoms with van der Waals surface area (Å²) in [5.41, 5.74) is 0.691. The number of hydrogen-bond acceptors (Lipinski definition) is 5. The Labute approximate surface area is 200 Å². The predicted octanol–water partition coefficient (Wildman–Crippen LogP) is 2.67. The Kier molecular flexibility index (Phi) is 6.27. The van der Waals surface area contributed by atoms with Crippen molar-refractivity contribution in [3.05, 3.63) is 29.8 Å². The lowest BCUT2D eigenvalue weighted by Crippen LogP contribution is -2.58. The van der Waals surface area contributed by atoms with Gasteiger partial charge in [0.2, 0.25) is 17.7 Å². The van der Waals surface area contributed by atoms with Crippen LogP contribution in [0.15, 0.2) is 24.3 Å². The summed E-state index contributed by atoms with van der Waals surface area (Å²) < 4.78 is 11.9. The van der Waals surface area contributed by atoms with Crippen LogP contribution < -0.4 is 15.4 Å². The zero-order chi connectivity index (χ0) is 23.9. The Hall–Kier alpha value is -2.61. The molecule has 34 heavy (non-hydrogen) atoms. The molecule has 4 aliphatic rings. The molecule has 1 aromatic carbocycles. The van der Waals surface area contributed by atoms with Gasteiger partial charge in [-0.2, -0.15) is 0 Å². The van der Waals surface area contributed by atoms with Crippen LogP contribution in [0.3, 0.4) is 0 Å². The minimum Gasteiger partial charge on any atom is -0.493 e. The molecule has 3 heterocycles. The first-order chi connectivity index (χ1) is 16.4. The summed E-state index contributed by atoms with van der Waals surface area (Å²) >= 11 is 0. The molecule has 0 bridgehead atoms. The molecule has 0 aromatic heterocycles. The highest BCUT2D eigenvalue weighted by Gasteiger charge is 2.59. The molecule has 5 rings (SSSR count). The Morgan fingerprint density at radius 2 is 1.79 bits per heavy atom. The standard InChI is InChI=1S/C26H35N3O5/c1-16(2)23(30)28-19-10-14-34-21-15-26(11-5-6-12-26)22(29(21)25(19)32)24(31)27-18-9-13-33-20-8-4-3-7-17(18)20/h3-4,7-8,16,18-19,21-22H,5-6,9-15H2,1-2H3,(H,27,31)(H,28,30)/t18-,19+,21+,22-/m1/s1. The molecule has 184 valence electrons. The van der Waals surface area contributed by atoms with Gasteiger partial charge in [0.25, 0.3) is 0 Å². The van der Waals surface area contributed by atoms with Crippen LogP contribution in [0.2, 0.25) is 0 Å². The number of carbonyl (C=O) groups excluding carboxylic acids is 3. The molecule has 1 spiro atoms. The van der Waals surface area contributed by atoms with Gasteiger partial charge in [0.05, 0.1) is 19.3 Å². The number of carbonyl (C=O) groups is 3. The summed E-state index contributed by atoms with van der Waals surface area (Å²) in [5, 5.41) is 6.16. The second-order valence-electron chi connectivity index (χ2n) is 10.5. The van der Waals surface area contributed by atoms with Gasteiger partial charge in [0.1, 0.15) is 24.1 Å². The number of fused-ring (bicyclic) bond motifs is 2. The van der Waals surface area contributed by atoms with Crippen LogP contribution in [0.4, 0.5) is 0 Å². The van der Waals surface area contributed by atoms with E-state index in [-0.39, 0.29) is 35.1 Å². The molecule has 8 nitrogen and oxygen atoms in total. The van der Waals surface area contributed by atoms with E-state index in [0.717, 1.165) is 37.0 Å². The first-order valence-corrected chi connectivity index (χ1v) is 12.7. The quantitative estimate of drug-likeness (QED) is 0.707. The van der Waals surface area contributed by atoms with Crippen molar-refractivity contribution in [3.8, 4) is 5.75 Å². The van der Waals surface area contributed by atoms with Gasteiger partial charge in [0.15, 0.2) is 0 Å². The number of nitrogens with zero attached hydrogens (tertiary/aromatic N) is 1. The maximum Gasteiger partial charge on any atom is 0.247 e. The number of hydrogen-bond donors (Lipinski definition) is 2. The van der Waals surface area contributed by atoms with Gasteiger partial charge in [-0.25, -0.2) is 0 Å². The molecule has 8 heteroatoms. The van der Waals surface area contributed by atoms with Crippen molar-refractivity contribution in [2.24, 2.45) is 11.3 Å². The van der Waals surface area contributed by atoms with Crippen molar-refractivity contribution >= 4 is 17.7 Å². The average Bonchev–Trinajstić information content (AvgIpc) is 3.38. The van der Waals surface area contributed by atoms with E-state index in [9.17, 15) is 14.4 Å². The molecule has 4 atom stereocenters. The van der Waals surface area contributed by atoms with Gasteiger partial charge in [-0.15, -0.1) is 0 Å². The van der Waals surface area contributed by atoms with Gasteiger partial charge >= 0.3 is 0 Å². The Bertz CT molecular complexity index is 958. The van der Waals surface area contributed by atoms with E-state index < -0.39 is 18.3 Å². The van der Waals surface area contributed by atoms with Crippen molar-refractivity contribution in [3.63, 3.8) is 0 Å². The number of rotatable bonds is 4. The second-order valence-corrected chi connectivity index (χ2v) is 10.5. The topological polar surface area (TPSA) is 97.0 Å². The molecule has 3 amide bonds. The minimum absolute atomic E-state index is 0.126. The minimum atomic E-state index is -0.671. The highest BCUT2D eigenvalue weighted by Crippen LogP contribution is 2.53. The van der Waals surface area contributed by atoms with Crippen molar-refractivity contribution in [1.29, 1.82) is 0 Å².